The van der Waals surface area contributed by atoms with Crippen LogP contribution in [0.5, 0.6) is 0 Å². The van der Waals surface area contributed by atoms with E-state index in [1.54, 1.807) is 4.90 Å². The van der Waals surface area contributed by atoms with Crippen LogP contribution < -0.4 is 10.9 Å². The largest absolute Gasteiger partial charge is 0.324 e. The van der Waals surface area contributed by atoms with Crippen LogP contribution in [0.2, 0.25) is 0 Å². The van der Waals surface area contributed by atoms with Gasteiger partial charge in [0.25, 0.3) is 5.56 Å². The maximum absolute atomic E-state index is 13.2. The summed E-state index contributed by atoms with van der Waals surface area (Å²) in [5.74, 6) is -0.361. The van der Waals surface area contributed by atoms with E-state index in [4.69, 9.17) is 0 Å². The second-order valence-electron chi connectivity index (χ2n) is 6.86. The average molecular weight is 376 g/mol. The molecular formula is C19H22F2N4O2. The number of carbonyl (C=O) groups is 1. The molecule has 0 aliphatic carbocycles. The number of carbonyl (C=O) groups excluding carboxylic acids is 1. The molecular weight excluding hydrogens is 354 g/mol. The smallest absolute Gasteiger partial charge is 0.323 e. The molecule has 144 valence electrons. The molecule has 0 spiro atoms. The lowest BCUT2D eigenvalue weighted by atomic mass is 9.90. The van der Waals surface area contributed by atoms with E-state index in [1.807, 2.05) is 0 Å². The van der Waals surface area contributed by atoms with Gasteiger partial charge in [0.1, 0.15) is 11.6 Å². The van der Waals surface area contributed by atoms with Gasteiger partial charge in [-0.15, -0.1) is 0 Å². The normalized spacial score (nSPS) is 15.0. The van der Waals surface area contributed by atoms with E-state index in [-0.39, 0.29) is 11.6 Å². The molecule has 1 aliphatic rings. The zero-order valence-electron chi connectivity index (χ0n) is 15.1. The highest BCUT2D eigenvalue weighted by Gasteiger charge is 2.23. The van der Waals surface area contributed by atoms with Crippen molar-refractivity contribution in [1.29, 1.82) is 0 Å². The van der Waals surface area contributed by atoms with E-state index in [0.717, 1.165) is 30.0 Å². The third-order valence-corrected chi connectivity index (χ3v) is 4.86. The number of nitrogens with zero attached hydrogens (tertiary/aromatic N) is 3. The number of anilines is 1. The summed E-state index contributed by atoms with van der Waals surface area (Å²) in [5, 5.41) is 6.68. The van der Waals surface area contributed by atoms with Gasteiger partial charge in [0.15, 0.2) is 5.82 Å². The predicted octanol–water partition coefficient (Wildman–Crippen LogP) is 2.94. The Morgan fingerprint density at radius 3 is 2.48 bits per heavy atom. The van der Waals surface area contributed by atoms with Gasteiger partial charge in [-0.2, -0.15) is 5.10 Å². The summed E-state index contributed by atoms with van der Waals surface area (Å²) >= 11 is 0. The Morgan fingerprint density at radius 1 is 1.19 bits per heavy atom. The van der Waals surface area contributed by atoms with Crippen molar-refractivity contribution in [2.45, 2.75) is 25.7 Å². The molecule has 0 atom stereocenters. The summed E-state index contributed by atoms with van der Waals surface area (Å²) < 4.78 is 27.7. The highest BCUT2D eigenvalue weighted by Crippen LogP contribution is 2.23. The number of amides is 2. The molecule has 27 heavy (non-hydrogen) atoms. The minimum Gasteiger partial charge on any atom is -0.324 e. The molecule has 1 N–H and O–H groups in total. The molecule has 1 saturated heterocycles. The predicted molar refractivity (Wildman–Crippen MR) is 97.5 cm³/mol. The molecule has 0 bridgehead atoms. The maximum Gasteiger partial charge on any atom is 0.323 e. The fourth-order valence-electron chi connectivity index (χ4n) is 3.31. The van der Waals surface area contributed by atoms with Crippen molar-refractivity contribution in [2.75, 3.05) is 18.4 Å². The second kappa shape index (κ2) is 8.28. The summed E-state index contributed by atoms with van der Waals surface area (Å²) in [6.45, 7) is 1.22. The van der Waals surface area contributed by atoms with Crippen LogP contribution in [0.15, 0.2) is 35.1 Å². The minimum absolute atomic E-state index is 0.244. The van der Waals surface area contributed by atoms with Crippen LogP contribution >= 0.6 is 0 Å². The molecule has 3 rings (SSSR count). The fraction of sp³-hybridized carbons (Fsp3) is 0.421. The van der Waals surface area contributed by atoms with Crippen molar-refractivity contribution in [2.24, 2.45) is 13.0 Å². The van der Waals surface area contributed by atoms with Crippen LogP contribution in [-0.2, 0) is 13.5 Å². The van der Waals surface area contributed by atoms with Gasteiger partial charge in [-0.3, -0.25) is 10.1 Å². The second-order valence-corrected chi connectivity index (χ2v) is 6.86. The van der Waals surface area contributed by atoms with Crippen LogP contribution in [0.3, 0.4) is 0 Å². The van der Waals surface area contributed by atoms with E-state index < -0.39 is 11.6 Å². The van der Waals surface area contributed by atoms with E-state index in [2.05, 4.69) is 10.4 Å². The number of nitrogens with one attached hydrogen (secondary N) is 1. The number of aromatic nitrogens is 2. The Morgan fingerprint density at radius 2 is 1.85 bits per heavy atom. The Bertz CT molecular complexity index is 856. The molecule has 6 nitrogen and oxygen atoms in total. The van der Waals surface area contributed by atoms with Gasteiger partial charge in [0.05, 0.1) is 0 Å². The summed E-state index contributed by atoms with van der Waals surface area (Å²) in [5.41, 5.74) is 0.417. The van der Waals surface area contributed by atoms with Gasteiger partial charge in [-0.25, -0.2) is 18.3 Å². The van der Waals surface area contributed by atoms with Crippen LogP contribution in [0, 0.1) is 17.6 Å². The number of hydrogen-bond donors (Lipinski definition) is 1. The lowest BCUT2D eigenvalue weighted by Gasteiger charge is -2.32. The molecule has 0 saturated carbocycles. The number of halogens is 2. The van der Waals surface area contributed by atoms with Gasteiger partial charge in [0.2, 0.25) is 0 Å². The number of rotatable bonds is 4. The molecule has 2 aromatic rings. The Hall–Kier alpha value is -2.77. The lowest BCUT2D eigenvalue weighted by Crippen LogP contribution is -2.41. The topological polar surface area (TPSA) is 67.2 Å². The van der Waals surface area contributed by atoms with Crippen molar-refractivity contribution in [3.8, 4) is 0 Å². The first kappa shape index (κ1) is 19.0. The Kier molecular flexibility index (Phi) is 5.83. The molecule has 0 unspecified atom stereocenters. The summed E-state index contributed by atoms with van der Waals surface area (Å²) in [7, 11) is 1.52. The number of likely N-dealkylation sites (tertiary alicyclic amines) is 1. The average Bonchev–Trinajstić information content (AvgIpc) is 2.63. The van der Waals surface area contributed by atoms with Gasteiger partial charge < -0.3 is 4.90 Å². The minimum atomic E-state index is -0.552. The lowest BCUT2D eigenvalue weighted by molar-refractivity contribution is 0.180. The first-order valence-corrected chi connectivity index (χ1v) is 8.96. The first-order chi connectivity index (χ1) is 12.9. The zero-order valence-corrected chi connectivity index (χ0v) is 15.1. The summed E-state index contributed by atoms with van der Waals surface area (Å²) in [6.07, 6.45) is 3.13. The number of hydrogen-bond acceptors (Lipinski definition) is 3. The van der Waals surface area contributed by atoms with E-state index in [9.17, 15) is 18.4 Å². The van der Waals surface area contributed by atoms with Crippen LogP contribution in [-0.4, -0.2) is 33.8 Å². The number of aryl methyl sites for hydroxylation is 2. The van der Waals surface area contributed by atoms with E-state index >= 15 is 0 Å². The van der Waals surface area contributed by atoms with Crippen molar-refractivity contribution in [1.82, 2.24) is 14.7 Å². The number of urea groups is 1. The monoisotopic (exact) mass is 376 g/mol. The molecule has 0 radical (unpaired) electrons. The molecule has 1 fully saturated rings. The number of benzene rings is 1. The van der Waals surface area contributed by atoms with Gasteiger partial charge >= 0.3 is 6.03 Å². The molecule has 1 aliphatic heterocycles. The third kappa shape index (κ3) is 5.12. The van der Waals surface area contributed by atoms with Gasteiger partial charge in [-0.1, -0.05) is 0 Å². The van der Waals surface area contributed by atoms with Gasteiger partial charge in [0, 0.05) is 32.3 Å². The van der Waals surface area contributed by atoms with E-state index in [0.29, 0.717) is 36.8 Å². The van der Waals surface area contributed by atoms with Crippen molar-refractivity contribution >= 4 is 11.8 Å². The van der Waals surface area contributed by atoms with Gasteiger partial charge in [-0.05, 0) is 55.4 Å². The molecule has 2 heterocycles. The third-order valence-electron chi connectivity index (χ3n) is 4.86. The Balaban J connectivity index is 1.47. The highest BCUT2D eigenvalue weighted by molar-refractivity contribution is 5.88. The number of piperidine rings is 1. The van der Waals surface area contributed by atoms with Crippen molar-refractivity contribution < 1.29 is 13.6 Å². The SMILES string of the molecule is Cn1nc(NC(=O)N2CCC(CCc3cc(F)cc(F)c3)CC2)ccc1=O. The fourth-order valence-corrected chi connectivity index (χ4v) is 3.31. The molecule has 2 amide bonds. The molecule has 1 aromatic carbocycles. The van der Waals surface area contributed by atoms with Crippen molar-refractivity contribution in [3.05, 3.63) is 57.9 Å². The molecule has 8 heteroatoms. The van der Waals surface area contributed by atoms with Crippen molar-refractivity contribution in [3.63, 3.8) is 0 Å². The Labute approximate surface area is 155 Å². The maximum atomic E-state index is 13.2. The quantitative estimate of drug-likeness (QED) is 0.892. The van der Waals surface area contributed by atoms with E-state index in [1.165, 1.54) is 31.3 Å². The van der Waals surface area contributed by atoms with Crippen LogP contribution in [0.1, 0.15) is 24.8 Å². The first-order valence-electron chi connectivity index (χ1n) is 8.96. The molecule has 1 aromatic heterocycles. The summed E-state index contributed by atoms with van der Waals surface area (Å²) in [6, 6.07) is 6.19. The van der Waals surface area contributed by atoms with Crippen LogP contribution in [0.25, 0.3) is 0 Å². The standard InChI is InChI=1S/C19H22F2N4O2/c1-24-18(26)5-4-17(23-24)22-19(27)25-8-6-13(7-9-25)2-3-14-10-15(20)12-16(21)11-14/h4-5,10-13H,2-3,6-9H2,1H3,(H,22,23,27). The van der Waals surface area contributed by atoms with Crippen LogP contribution in [0.4, 0.5) is 19.4 Å². The highest BCUT2D eigenvalue weighted by atomic mass is 19.1. The zero-order chi connectivity index (χ0) is 19.4. The summed E-state index contributed by atoms with van der Waals surface area (Å²) in [4.78, 5) is 25.4.